The standard InChI is InChI=1S/C25H18N2S4/c1-2-6-17(7-3-1)27-19(21-11-13-25(31-21)23-9-5-15-29-23)16-18(26-27)20-10-12-24(30-20)22-8-4-14-28-22/h1-15,19H,16H2/t19-/m0/s1. The van der Waals surface area contributed by atoms with Crippen LogP contribution < -0.4 is 5.01 Å². The highest BCUT2D eigenvalue weighted by Gasteiger charge is 2.31. The monoisotopic (exact) mass is 474 g/mol. The number of thiophene rings is 4. The van der Waals surface area contributed by atoms with Crippen molar-refractivity contribution in [1.29, 1.82) is 0 Å². The number of hydrogen-bond donors (Lipinski definition) is 0. The second-order valence-corrected chi connectivity index (χ2v) is 11.4. The van der Waals surface area contributed by atoms with Crippen LogP contribution in [-0.2, 0) is 0 Å². The van der Waals surface area contributed by atoms with Crippen molar-refractivity contribution < 1.29 is 0 Å². The van der Waals surface area contributed by atoms with Gasteiger partial charge < -0.3 is 0 Å². The third kappa shape index (κ3) is 3.70. The highest BCUT2D eigenvalue weighted by molar-refractivity contribution is 7.22. The third-order valence-corrected chi connectivity index (χ3v) is 9.76. The molecular formula is C25H18N2S4. The first-order chi connectivity index (χ1) is 15.3. The van der Waals surface area contributed by atoms with Gasteiger partial charge in [-0.2, -0.15) is 5.10 Å². The predicted molar refractivity (Wildman–Crippen MR) is 138 cm³/mol. The number of benzene rings is 1. The quantitative estimate of drug-likeness (QED) is 0.249. The summed E-state index contributed by atoms with van der Waals surface area (Å²) in [6.45, 7) is 0. The third-order valence-electron chi connectivity index (χ3n) is 5.30. The van der Waals surface area contributed by atoms with Gasteiger partial charge in [0.1, 0.15) is 0 Å². The fraction of sp³-hybridized carbons (Fsp3) is 0.0800. The van der Waals surface area contributed by atoms with E-state index < -0.39 is 0 Å². The van der Waals surface area contributed by atoms with Gasteiger partial charge >= 0.3 is 0 Å². The molecule has 2 nitrogen and oxygen atoms in total. The molecule has 5 heterocycles. The Labute approximate surface area is 197 Å². The van der Waals surface area contributed by atoms with Crippen LogP contribution in [0.15, 0.2) is 94.7 Å². The minimum Gasteiger partial charge on any atom is -0.257 e. The van der Waals surface area contributed by atoms with Crippen LogP contribution in [0.2, 0.25) is 0 Å². The first-order valence-electron chi connectivity index (χ1n) is 10.0. The summed E-state index contributed by atoms with van der Waals surface area (Å²) < 4.78 is 0. The zero-order valence-corrected chi connectivity index (χ0v) is 19.7. The lowest BCUT2D eigenvalue weighted by Gasteiger charge is -2.22. The highest BCUT2D eigenvalue weighted by atomic mass is 32.1. The van der Waals surface area contributed by atoms with E-state index in [1.54, 1.807) is 22.7 Å². The molecule has 1 aliphatic rings. The van der Waals surface area contributed by atoms with Crippen molar-refractivity contribution >= 4 is 56.7 Å². The average Bonchev–Trinajstić information content (AvgIpc) is 3.63. The SMILES string of the molecule is c1ccc(N2N=C(c3ccc(-c4cccs4)s3)C[C@H]2c2ccc(-c3cccs3)s2)cc1. The number of hydrazone groups is 1. The van der Waals surface area contributed by atoms with Crippen LogP contribution in [0, 0.1) is 0 Å². The number of rotatable bonds is 5. The molecule has 1 atom stereocenters. The molecule has 4 aromatic heterocycles. The van der Waals surface area contributed by atoms with Crippen LogP contribution in [0.25, 0.3) is 19.5 Å². The summed E-state index contributed by atoms with van der Waals surface area (Å²) in [5.74, 6) is 0. The molecule has 5 aromatic rings. The van der Waals surface area contributed by atoms with Crippen molar-refractivity contribution in [2.75, 3.05) is 5.01 Å². The summed E-state index contributed by atoms with van der Waals surface area (Å²) in [6, 6.07) is 28.4. The first-order valence-corrected chi connectivity index (χ1v) is 13.4. The Morgan fingerprint density at radius 3 is 2.03 bits per heavy atom. The average molecular weight is 475 g/mol. The van der Waals surface area contributed by atoms with Crippen molar-refractivity contribution in [3.05, 3.63) is 99.4 Å². The van der Waals surface area contributed by atoms with Gasteiger partial charge in [0.15, 0.2) is 0 Å². The molecule has 0 unspecified atom stereocenters. The van der Waals surface area contributed by atoms with Gasteiger partial charge in [-0.1, -0.05) is 30.3 Å². The largest absolute Gasteiger partial charge is 0.257 e. The van der Waals surface area contributed by atoms with E-state index in [2.05, 4.69) is 94.6 Å². The van der Waals surface area contributed by atoms with Crippen LogP contribution in [0.1, 0.15) is 22.2 Å². The molecule has 6 rings (SSSR count). The lowest BCUT2D eigenvalue weighted by Crippen LogP contribution is -2.17. The second-order valence-electron chi connectivity index (χ2n) is 7.27. The Morgan fingerprint density at radius 1 is 0.645 bits per heavy atom. The fourth-order valence-electron chi connectivity index (χ4n) is 3.83. The molecule has 0 saturated heterocycles. The van der Waals surface area contributed by atoms with E-state index in [4.69, 9.17) is 5.10 Å². The van der Waals surface area contributed by atoms with Crippen LogP contribution in [-0.4, -0.2) is 5.71 Å². The second kappa shape index (κ2) is 8.20. The molecule has 1 aromatic carbocycles. The zero-order valence-electron chi connectivity index (χ0n) is 16.5. The predicted octanol–water partition coefficient (Wildman–Crippen LogP) is 8.62. The summed E-state index contributed by atoms with van der Waals surface area (Å²) in [6.07, 6.45) is 0.920. The molecule has 31 heavy (non-hydrogen) atoms. The molecule has 0 radical (unpaired) electrons. The summed E-state index contributed by atoms with van der Waals surface area (Å²) in [7, 11) is 0. The zero-order chi connectivity index (χ0) is 20.6. The Balaban J connectivity index is 1.36. The molecule has 0 fully saturated rings. The van der Waals surface area contributed by atoms with Gasteiger partial charge in [0.25, 0.3) is 0 Å². The first kappa shape index (κ1) is 19.2. The molecule has 0 N–H and O–H groups in total. The van der Waals surface area contributed by atoms with Crippen LogP contribution >= 0.6 is 45.3 Å². The van der Waals surface area contributed by atoms with Gasteiger partial charge in [0, 0.05) is 30.8 Å². The van der Waals surface area contributed by atoms with Gasteiger partial charge in [-0.15, -0.1) is 45.3 Å². The van der Waals surface area contributed by atoms with E-state index in [-0.39, 0.29) is 6.04 Å². The molecule has 0 saturated carbocycles. The molecule has 152 valence electrons. The van der Waals surface area contributed by atoms with E-state index >= 15 is 0 Å². The molecule has 0 spiro atoms. The van der Waals surface area contributed by atoms with Crippen molar-refractivity contribution in [2.45, 2.75) is 12.5 Å². The van der Waals surface area contributed by atoms with Gasteiger partial charge in [-0.05, 0) is 59.3 Å². The van der Waals surface area contributed by atoms with Crippen LogP contribution in [0.4, 0.5) is 5.69 Å². The highest BCUT2D eigenvalue weighted by Crippen LogP contribution is 2.43. The minimum atomic E-state index is 0.225. The van der Waals surface area contributed by atoms with Crippen LogP contribution in [0.5, 0.6) is 0 Å². The van der Waals surface area contributed by atoms with Crippen molar-refractivity contribution in [1.82, 2.24) is 0 Å². The lowest BCUT2D eigenvalue weighted by molar-refractivity contribution is 0.722. The molecular weight excluding hydrogens is 457 g/mol. The smallest absolute Gasteiger partial charge is 0.0924 e. The number of nitrogens with zero attached hydrogens (tertiary/aromatic N) is 2. The molecule has 0 aliphatic carbocycles. The number of para-hydroxylation sites is 1. The van der Waals surface area contributed by atoms with Gasteiger partial charge in [-0.25, -0.2) is 0 Å². The Morgan fingerprint density at radius 2 is 1.32 bits per heavy atom. The molecule has 6 heteroatoms. The van der Waals surface area contributed by atoms with E-state index in [1.165, 1.54) is 35.0 Å². The van der Waals surface area contributed by atoms with Gasteiger partial charge in [0.05, 0.1) is 22.3 Å². The topological polar surface area (TPSA) is 15.6 Å². The number of anilines is 1. The van der Waals surface area contributed by atoms with Crippen LogP contribution in [0.3, 0.4) is 0 Å². The van der Waals surface area contributed by atoms with E-state index in [9.17, 15) is 0 Å². The summed E-state index contributed by atoms with van der Waals surface area (Å²) in [4.78, 5) is 7.94. The number of hydrogen-bond acceptors (Lipinski definition) is 6. The van der Waals surface area contributed by atoms with E-state index in [1.807, 2.05) is 22.7 Å². The Hall–Kier alpha value is -2.51. The lowest BCUT2D eigenvalue weighted by atomic mass is 10.1. The van der Waals surface area contributed by atoms with Crippen molar-refractivity contribution in [3.63, 3.8) is 0 Å². The molecule has 0 bridgehead atoms. The van der Waals surface area contributed by atoms with E-state index in [0.29, 0.717) is 0 Å². The molecule has 0 amide bonds. The minimum absolute atomic E-state index is 0.225. The van der Waals surface area contributed by atoms with E-state index in [0.717, 1.165) is 12.1 Å². The maximum atomic E-state index is 5.13. The summed E-state index contributed by atoms with van der Waals surface area (Å²) in [5, 5.41) is 11.6. The van der Waals surface area contributed by atoms with Gasteiger partial charge in [0.2, 0.25) is 0 Å². The Kier molecular flexibility index (Phi) is 5.08. The van der Waals surface area contributed by atoms with Crippen molar-refractivity contribution in [3.8, 4) is 19.5 Å². The summed E-state index contributed by atoms with van der Waals surface area (Å²) in [5.41, 5.74) is 2.32. The van der Waals surface area contributed by atoms with Gasteiger partial charge in [-0.3, -0.25) is 5.01 Å². The Bertz CT molecular complexity index is 1310. The maximum Gasteiger partial charge on any atom is 0.0924 e. The maximum absolute atomic E-state index is 5.13. The fourth-order valence-corrected chi connectivity index (χ4v) is 7.59. The van der Waals surface area contributed by atoms with Crippen molar-refractivity contribution in [2.24, 2.45) is 5.10 Å². The molecule has 1 aliphatic heterocycles. The summed E-state index contributed by atoms with van der Waals surface area (Å²) >= 11 is 7.32. The normalized spacial score (nSPS) is 16.1.